The molecule has 0 saturated heterocycles. The van der Waals surface area contributed by atoms with Crippen LogP contribution in [0.15, 0.2) is 81.6 Å². The molecule has 0 radical (unpaired) electrons. The van der Waals surface area contributed by atoms with Gasteiger partial charge in [0.1, 0.15) is 0 Å². The molecule has 2 heterocycles. The van der Waals surface area contributed by atoms with E-state index in [0.717, 1.165) is 26.2 Å². The van der Waals surface area contributed by atoms with Gasteiger partial charge in [0.2, 0.25) is 0 Å². The Morgan fingerprint density at radius 3 is 2.11 bits per heavy atom. The molecule has 188 valence electrons. The molecule has 35 heavy (non-hydrogen) atoms. The Labute approximate surface area is 214 Å². The van der Waals surface area contributed by atoms with Gasteiger partial charge < -0.3 is 9.80 Å². The first-order chi connectivity index (χ1) is 16.6. The third-order valence-electron chi connectivity index (χ3n) is 5.47. The molecule has 1 unspecified atom stereocenters. The van der Waals surface area contributed by atoms with E-state index in [0.29, 0.717) is 25.9 Å². The molecule has 12 heteroatoms. The average Bonchev–Trinajstić information content (AvgIpc) is 3.30. The fourth-order valence-electron chi connectivity index (χ4n) is 3.98. The van der Waals surface area contributed by atoms with E-state index >= 15 is 0 Å². The Balaban J connectivity index is 1.50. The minimum Gasteiger partial charge on any atom is -0.355 e. The zero-order chi connectivity index (χ0) is 25.1. The van der Waals surface area contributed by atoms with Gasteiger partial charge in [-0.05, 0) is 43.2 Å². The van der Waals surface area contributed by atoms with Gasteiger partial charge in [0, 0.05) is 22.9 Å². The largest absolute Gasteiger partial charge is 0.355 e. The van der Waals surface area contributed by atoms with Crippen LogP contribution < -0.4 is 9.80 Å². The molecule has 1 atom stereocenters. The van der Waals surface area contributed by atoms with Crippen LogP contribution in [0.2, 0.25) is 0 Å². The van der Waals surface area contributed by atoms with Gasteiger partial charge in [-0.3, -0.25) is 9.11 Å². The molecule has 2 aliphatic rings. The Kier molecular flexibility index (Phi) is 8.19. The van der Waals surface area contributed by atoms with Crippen molar-refractivity contribution in [2.45, 2.75) is 28.0 Å². The number of hydrogen-bond donors (Lipinski definition) is 2. The smallest absolute Gasteiger partial charge is 0.264 e. The van der Waals surface area contributed by atoms with Crippen LogP contribution in [-0.4, -0.2) is 55.9 Å². The number of para-hydroxylation sites is 2. The summed E-state index contributed by atoms with van der Waals surface area (Å²) in [6, 6.07) is 15.8. The van der Waals surface area contributed by atoms with E-state index in [-0.39, 0.29) is 16.9 Å². The van der Waals surface area contributed by atoms with Crippen LogP contribution in [0.1, 0.15) is 12.8 Å². The lowest BCUT2D eigenvalue weighted by atomic mass is 10.2. The highest BCUT2D eigenvalue weighted by atomic mass is 32.2. The fraction of sp³-hybridized carbons (Fsp3) is 0.304. The van der Waals surface area contributed by atoms with E-state index in [4.69, 9.17) is 9.11 Å². The molecule has 0 amide bonds. The first-order valence-corrected chi connectivity index (χ1v) is 15.9. The standard InChI is InChI=1S/C23H26N2O6S4/c26-34(27,28)16-6-14-24-18-8-1-3-10-20(18)32-22(24)12-5-13-23-25(15-7-17-35(29,30)31)19-9-2-4-11-21(19)33-23/h1-5,8-13,22H,6-7,14-17H2,(H,26,27,28)(H,29,30,31)/b12-5+,23-13+. The van der Waals surface area contributed by atoms with Gasteiger partial charge in [0.05, 0.1) is 33.3 Å². The number of benzene rings is 2. The number of nitrogens with zero attached hydrogens (tertiary/aromatic N) is 2. The monoisotopic (exact) mass is 554 g/mol. The molecule has 0 fully saturated rings. The van der Waals surface area contributed by atoms with Crippen LogP contribution in [0.4, 0.5) is 11.4 Å². The second kappa shape index (κ2) is 11.0. The molecule has 2 N–H and O–H groups in total. The molecule has 2 aliphatic heterocycles. The molecular formula is C23H26N2O6S4. The van der Waals surface area contributed by atoms with Crippen molar-refractivity contribution in [2.24, 2.45) is 0 Å². The van der Waals surface area contributed by atoms with Crippen molar-refractivity contribution in [3.8, 4) is 0 Å². The minimum absolute atomic E-state index is 0.0348. The molecule has 0 aromatic heterocycles. The molecule has 0 aliphatic carbocycles. The van der Waals surface area contributed by atoms with Crippen LogP contribution in [0.3, 0.4) is 0 Å². The highest BCUT2D eigenvalue weighted by Gasteiger charge is 2.28. The third kappa shape index (κ3) is 7.05. The fourth-order valence-corrected chi connectivity index (χ4v) is 7.31. The predicted molar refractivity (Wildman–Crippen MR) is 142 cm³/mol. The number of allylic oxidation sites excluding steroid dienone is 2. The van der Waals surface area contributed by atoms with Crippen LogP contribution in [0.25, 0.3) is 0 Å². The van der Waals surface area contributed by atoms with Gasteiger partial charge >= 0.3 is 0 Å². The van der Waals surface area contributed by atoms with Crippen molar-refractivity contribution in [3.05, 3.63) is 71.8 Å². The lowest BCUT2D eigenvalue weighted by molar-refractivity contribution is 0.479. The zero-order valence-corrected chi connectivity index (χ0v) is 22.0. The van der Waals surface area contributed by atoms with E-state index in [2.05, 4.69) is 9.80 Å². The minimum atomic E-state index is -4.02. The van der Waals surface area contributed by atoms with Gasteiger partial charge in [-0.15, -0.1) is 0 Å². The second-order valence-electron chi connectivity index (χ2n) is 8.06. The molecule has 0 spiro atoms. The molecule has 4 rings (SSSR count). The Morgan fingerprint density at radius 2 is 1.43 bits per heavy atom. The molecular weight excluding hydrogens is 529 g/mol. The van der Waals surface area contributed by atoms with E-state index in [1.165, 1.54) is 0 Å². The summed E-state index contributed by atoms with van der Waals surface area (Å²) in [7, 11) is -8.03. The van der Waals surface area contributed by atoms with Gasteiger partial charge in [-0.25, -0.2) is 0 Å². The number of hydrogen-bond acceptors (Lipinski definition) is 8. The number of rotatable bonds is 10. The first-order valence-electron chi connectivity index (χ1n) is 11.0. The summed E-state index contributed by atoms with van der Waals surface area (Å²) in [5.74, 6) is -0.584. The van der Waals surface area contributed by atoms with Crippen LogP contribution in [0.5, 0.6) is 0 Å². The maximum Gasteiger partial charge on any atom is 0.264 e. The van der Waals surface area contributed by atoms with Crippen LogP contribution >= 0.6 is 23.5 Å². The highest BCUT2D eigenvalue weighted by molar-refractivity contribution is 8.03. The molecule has 8 nitrogen and oxygen atoms in total. The quantitative estimate of drug-likeness (QED) is 0.407. The maximum absolute atomic E-state index is 11.2. The van der Waals surface area contributed by atoms with E-state index < -0.39 is 20.2 Å². The predicted octanol–water partition coefficient (Wildman–Crippen LogP) is 4.49. The molecule has 0 saturated carbocycles. The summed E-state index contributed by atoms with van der Waals surface area (Å²) in [6.45, 7) is 0.937. The lowest BCUT2D eigenvalue weighted by Gasteiger charge is -2.24. The van der Waals surface area contributed by atoms with Crippen LogP contribution in [-0.2, 0) is 20.2 Å². The molecule has 2 aromatic rings. The van der Waals surface area contributed by atoms with Crippen molar-refractivity contribution < 1.29 is 25.9 Å². The number of fused-ring (bicyclic) bond motifs is 2. The van der Waals surface area contributed by atoms with Gasteiger partial charge in [0.15, 0.2) is 0 Å². The third-order valence-corrected chi connectivity index (χ3v) is 9.46. The Bertz CT molecular complexity index is 1340. The first kappa shape index (κ1) is 26.1. The van der Waals surface area contributed by atoms with E-state index in [1.54, 1.807) is 23.5 Å². The normalized spacial score (nSPS) is 19.0. The number of thioether (sulfide) groups is 2. The summed E-state index contributed by atoms with van der Waals surface area (Å²) in [5, 5.41) is 0.920. The van der Waals surface area contributed by atoms with Crippen molar-refractivity contribution in [2.75, 3.05) is 34.4 Å². The van der Waals surface area contributed by atoms with Crippen molar-refractivity contribution in [3.63, 3.8) is 0 Å². The molecule has 2 aromatic carbocycles. The Morgan fingerprint density at radius 1 is 0.829 bits per heavy atom. The summed E-state index contributed by atoms with van der Waals surface area (Å²) >= 11 is 3.27. The maximum atomic E-state index is 11.2. The van der Waals surface area contributed by atoms with Gasteiger partial charge in [-0.1, -0.05) is 59.9 Å². The SMILES string of the molecule is O=S(=O)(O)CCCN1/C(=C\C=C\C2Sc3ccccc3N2CCCS(=O)(=O)O)Sc2ccccc21. The van der Waals surface area contributed by atoms with E-state index in [9.17, 15) is 16.8 Å². The Hall–Kier alpha value is -1.96. The summed E-state index contributed by atoms with van der Waals surface area (Å²) in [4.78, 5) is 6.36. The molecule has 0 bridgehead atoms. The lowest BCUT2D eigenvalue weighted by Crippen LogP contribution is -2.30. The average molecular weight is 555 g/mol. The van der Waals surface area contributed by atoms with Crippen molar-refractivity contribution >= 4 is 55.1 Å². The van der Waals surface area contributed by atoms with Gasteiger partial charge in [-0.2, -0.15) is 16.8 Å². The van der Waals surface area contributed by atoms with Crippen molar-refractivity contribution in [1.82, 2.24) is 0 Å². The van der Waals surface area contributed by atoms with Crippen LogP contribution in [0, 0.1) is 0 Å². The van der Waals surface area contributed by atoms with E-state index in [1.807, 2.05) is 66.8 Å². The van der Waals surface area contributed by atoms with Gasteiger partial charge in [0.25, 0.3) is 20.2 Å². The summed E-state index contributed by atoms with van der Waals surface area (Å²) in [6.07, 6.45) is 6.60. The van der Waals surface area contributed by atoms with Crippen molar-refractivity contribution in [1.29, 1.82) is 0 Å². The summed E-state index contributed by atoms with van der Waals surface area (Å²) < 4.78 is 62.8. The zero-order valence-electron chi connectivity index (χ0n) is 18.7. The summed E-state index contributed by atoms with van der Waals surface area (Å²) in [5.41, 5.74) is 2.03. The highest BCUT2D eigenvalue weighted by Crippen LogP contribution is 2.46. The number of anilines is 2. The second-order valence-corrected chi connectivity index (χ2v) is 13.4. The topological polar surface area (TPSA) is 115 Å².